The Hall–Kier alpha value is -2.46. The van der Waals surface area contributed by atoms with Gasteiger partial charge >= 0.3 is 0 Å². The fraction of sp³-hybridized carbons (Fsp3) is 0.333. The Bertz CT molecular complexity index is 815. The Kier molecular flexibility index (Phi) is 4.61. The molecule has 0 amide bonds. The second-order valence-electron chi connectivity index (χ2n) is 6.80. The van der Waals surface area contributed by atoms with E-state index in [1.807, 2.05) is 48.5 Å². The molecule has 4 heteroatoms. The van der Waals surface area contributed by atoms with Crippen LogP contribution in [0.4, 0.5) is 0 Å². The van der Waals surface area contributed by atoms with Crippen LogP contribution in [0.15, 0.2) is 54.6 Å². The van der Waals surface area contributed by atoms with Crippen molar-refractivity contribution >= 4 is 16.8 Å². The first-order chi connectivity index (χ1) is 12.3. The number of para-hydroxylation sites is 2. The normalized spacial score (nSPS) is 16.3. The maximum absolute atomic E-state index is 12.6. The number of carbonyl (C=O) groups is 1. The molecule has 0 unspecified atom stereocenters. The summed E-state index contributed by atoms with van der Waals surface area (Å²) < 4.78 is 0. The molecule has 1 fully saturated rings. The lowest BCUT2D eigenvalue weighted by atomic mass is 9.89. The monoisotopic (exact) mass is 333 g/mol. The number of benzene rings is 2. The SMILES string of the molecule is O=C(c1ccccc1)C1CCN(CCc2nc3ccccc3[nH]2)CC1. The third kappa shape index (κ3) is 3.64. The lowest BCUT2D eigenvalue weighted by molar-refractivity contribution is 0.0840. The van der Waals surface area contributed by atoms with E-state index in [0.29, 0.717) is 5.78 Å². The number of carbonyl (C=O) groups excluding carboxylic acids is 1. The van der Waals surface area contributed by atoms with Crippen molar-refractivity contribution in [2.45, 2.75) is 19.3 Å². The van der Waals surface area contributed by atoms with Crippen molar-refractivity contribution < 1.29 is 4.79 Å². The number of Topliss-reactive ketones (excluding diaryl/α,β-unsaturated/α-hetero) is 1. The van der Waals surface area contributed by atoms with Gasteiger partial charge < -0.3 is 9.88 Å². The molecule has 3 aromatic rings. The van der Waals surface area contributed by atoms with Crippen LogP contribution in [0.5, 0.6) is 0 Å². The van der Waals surface area contributed by atoms with Crippen LogP contribution in [-0.4, -0.2) is 40.3 Å². The summed E-state index contributed by atoms with van der Waals surface area (Å²) in [4.78, 5) is 23.0. The number of fused-ring (bicyclic) bond motifs is 1. The second kappa shape index (κ2) is 7.19. The van der Waals surface area contributed by atoms with Crippen molar-refractivity contribution in [1.82, 2.24) is 14.9 Å². The van der Waals surface area contributed by atoms with Crippen molar-refractivity contribution in [2.75, 3.05) is 19.6 Å². The number of imidazole rings is 1. The molecule has 25 heavy (non-hydrogen) atoms. The molecule has 1 aliphatic heterocycles. The van der Waals surface area contributed by atoms with Crippen molar-refractivity contribution in [2.24, 2.45) is 5.92 Å². The Balaban J connectivity index is 1.29. The highest BCUT2D eigenvalue weighted by atomic mass is 16.1. The summed E-state index contributed by atoms with van der Waals surface area (Å²) in [7, 11) is 0. The molecule has 128 valence electrons. The molecule has 1 N–H and O–H groups in total. The molecule has 0 aliphatic carbocycles. The fourth-order valence-electron chi connectivity index (χ4n) is 3.64. The van der Waals surface area contributed by atoms with Gasteiger partial charge in [0, 0.05) is 24.4 Å². The van der Waals surface area contributed by atoms with E-state index in [2.05, 4.69) is 20.9 Å². The number of likely N-dealkylation sites (tertiary alicyclic amines) is 1. The molecule has 1 aromatic heterocycles. The number of hydrogen-bond acceptors (Lipinski definition) is 3. The maximum atomic E-state index is 12.6. The third-order valence-corrected chi connectivity index (χ3v) is 5.12. The summed E-state index contributed by atoms with van der Waals surface area (Å²) in [5.41, 5.74) is 2.98. The van der Waals surface area contributed by atoms with Crippen LogP contribution in [0.2, 0.25) is 0 Å². The summed E-state index contributed by atoms with van der Waals surface area (Å²) in [5, 5.41) is 0. The van der Waals surface area contributed by atoms with Crippen LogP contribution in [-0.2, 0) is 6.42 Å². The van der Waals surface area contributed by atoms with Gasteiger partial charge in [0.2, 0.25) is 0 Å². The van der Waals surface area contributed by atoms with Crippen molar-refractivity contribution in [3.8, 4) is 0 Å². The lowest BCUT2D eigenvalue weighted by Gasteiger charge is -2.31. The molecule has 0 bridgehead atoms. The Morgan fingerprint density at radius 1 is 1.04 bits per heavy atom. The zero-order valence-corrected chi connectivity index (χ0v) is 14.3. The van der Waals surface area contributed by atoms with Gasteiger partial charge in [-0.25, -0.2) is 4.98 Å². The van der Waals surface area contributed by atoms with Crippen molar-refractivity contribution in [1.29, 1.82) is 0 Å². The Labute approximate surface area is 147 Å². The van der Waals surface area contributed by atoms with E-state index in [0.717, 1.165) is 61.3 Å². The molecule has 2 aromatic carbocycles. The molecule has 1 aliphatic rings. The van der Waals surface area contributed by atoms with Gasteiger partial charge in [-0.15, -0.1) is 0 Å². The number of rotatable bonds is 5. The predicted molar refractivity (Wildman–Crippen MR) is 99.7 cm³/mol. The smallest absolute Gasteiger partial charge is 0.166 e. The highest BCUT2D eigenvalue weighted by Gasteiger charge is 2.25. The maximum Gasteiger partial charge on any atom is 0.166 e. The zero-order valence-electron chi connectivity index (χ0n) is 14.3. The van der Waals surface area contributed by atoms with Gasteiger partial charge in [-0.05, 0) is 38.1 Å². The van der Waals surface area contributed by atoms with Crippen LogP contribution in [0, 0.1) is 5.92 Å². The van der Waals surface area contributed by atoms with E-state index in [9.17, 15) is 4.79 Å². The van der Waals surface area contributed by atoms with E-state index in [1.54, 1.807) is 0 Å². The number of aromatic nitrogens is 2. The summed E-state index contributed by atoms with van der Waals surface area (Å²) in [5.74, 6) is 1.52. The van der Waals surface area contributed by atoms with Gasteiger partial charge in [-0.3, -0.25) is 4.79 Å². The number of H-pyrrole nitrogens is 1. The Morgan fingerprint density at radius 3 is 2.52 bits per heavy atom. The van der Waals surface area contributed by atoms with E-state index >= 15 is 0 Å². The molecule has 4 rings (SSSR count). The first kappa shape index (κ1) is 16.0. The molecule has 0 spiro atoms. The predicted octanol–water partition coefficient (Wildman–Crippen LogP) is 3.70. The standard InChI is InChI=1S/C21H23N3O/c25-21(16-6-2-1-3-7-16)17-10-13-24(14-11-17)15-12-20-22-18-8-4-5-9-19(18)23-20/h1-9,17H,10-15H2,(H,22,23). The quantitative estimate of drug-likeness (QED) is 0.724. The molecule has 4 nitrogen and oxygen atoms in total. The largest absolute Gasteiger partial charge is 0.342 e. The van der Waals surface area contributed by atoms with Crippen LogP contribution in [0.25, 0.3) is 11.0 Å². The number of piperidine rings is 1. The first-order valence-corrected chi connectivity index (χ1v) is 9.05. The van der Waals surface area contributed by atoms with Gasteiger partial charge in [0.05, 0.1) is 11.0 Å². The summed E-state index contributed by atoms with van der Waals surface area (Å²) in [6.45, 7) is 2.97. The van der Waals surface area contributed by atoms with Crippen LogP contribution < -0.4 is 0 Å². The van der Waals surface area contributed by atoms with Crippen LogP contribution in [0.3, 0.4) is 0 Å². The van der Waals surface area contributed by atoms with E-state index in [1.165, 1.54) is 0 Å². The number of hydrogen-bond donors (Lipinski definition) is 1. The van der Waals surface area contributed by atoms with E-state index < -0.39 is 0 Å². The highest BCUT2D eigenvalue weighted by Crippen LogP contribution is 2.22. The van der Waals surface area contributed by atoms with Crippen LogP contribution in [0.1, 0.15) is 29.0 Å². The first-order valence-electron chi connectivity index (χ1n) is 9.05. The van der Waals surface area contributed by atoms with Gasteiger partial charge in [0.15, 0.2) is 5.78 Å². The van der Waals surface area contributed by atoms with Crippen molar-refractivity contribution in [3.63, 3.8) is 0 Å². The highest BCUT2D eigenvalue weighted by molar-refractivity contribution is 5.97. The summed E-state index contributed by atoms with van der Waals surface area (Å²) >= 11 is 0. The van der Waals surface area contributed by atoms with Gasteiger partial charge in [0.1, 0.15) is 5.82 Å². The van der Waals surface area contributed by atoms with Crippen LogP contribution >= 0.6 is 0 Å². The van der Waals surface area contributed by atoms with E-state index in [4.69, 9.17) is 0 Å². The summed E-state index contributed by atoms with van der Waals surface area (Å²) in [6, 6.07) is 17.8. The van der Waals surface area contributed by atoms with Gasteiger partial charge in [-0.1, -0.05) is 42.5 Å². The zero-order chi connectivity index (χ0) is 17.1. The average Bonchev–Trinajstić information content (AvgIpc) is 3.10. The molecule has 0 atom stereocenters. The van der Waals surface area contributed by atoms with Gasteiger partial charge in [-0.2, -0.15) is 0 Å². The van der Waals surface area contributed by atoms with E-state index in [-0.39, 0.29) is 5.92 Å². The van der Waals surface area contributed by atoms with Crippen molar-refractivity contribution in [3.05, 3.63) is 66.0 Å². The minimum atomic E-state index is 0.171. The third-order valence-electron chi connectivity index (χ3n) is 5.12. The topological polar surface area (TPSA) is 49.0 Å². The van der Waals surface area contributed by atoms with Gasteiger partial charge in [0.25, 0.3) is 0 Å². The summed E-state index contributed by atoms with van der Waals surface area (Å²) in [6.07, 6.45) is 2.83. The second-order valence-corrected chi connectivity index (χ2v) is 6.80. The minimum absolute atomic E-state index is 0.171. The molecule has 0 saturated carbocycles. The fourth-order valence-corrected chi connectivity index (χ4v) is 3.64. The Morgan fingerprint density at radius 2 is 1.76 bits per heavy atom. The number of nitrogens with zero attached hydrogens (tertiary/aromatic N) is 2. The molecule has 2 heterocycles. The lowest BCUT2D eigenvalue weighted by Crippen LogP contribution is -2.37. The number of nitrogens with one attached hydrogen (secondary N) is 1. The molecule has 0 radical (unpaired) electrons. The molecular weight excluding hydrogens is 310 g/mol. The number of aromatic amines is 1. The minimum Gasteiger partial charge on any atom is -0.342 e. The molecular formula is C21H23N3O. The molecule has 1 saturated heterocycles. The number of ketones is 1. The average molecular weight is 333 g/mol.